The number of nitrogens with one attached hydrogen (secondary N) is 2. The summed E-state index contributed by atoms with van der Waals surface area (Å²) in [7, 11) is 1.54. The smallest absolute Gasteiger partial charge is 0.224 e. The topological polar surface area (TPSA) is 70.6 Å². The summed E-state index contributed by atoms with van der Waals surface area (Å²) < 4.78 is 5.18. The van der Waals surface area contributed by atoms with Crippen molar-refractivity contribution in [3.63, 3.8) is 0 Å². The van der Waals surface area contributed by atoms with E-state index in [1.54, 1.807) is 32.2 Å². The minimum atomic E-state index is -0.613. The summed E-state index contributed by atoms with van der Waals surface area (Å²) in [6.45, 7) is 2.12. The molecule has 0 heterocycles. The number of halogens is 1. The first kappa shape index (κ1) is 15.6. The highest BCUT2D eigenvalue weighted by Gasteiger charge is 2.08. The van der Waals surface area contributed by atoms with E-state index in [1.165, 1.54) is 0 Å². The van der Waals surface area contributed by atoms with Crippen molar-refractivity contribution in [3.8, 4) is 5.75 Å². The molecule has 1 atom stereocenters. The molecule has 0 bridgehead atoms. The Bertz CT molecular complexity index is 426. The number of hydrogen-bond donors (Lipinski definition) is 3. The summed E-state index contributed by atoms with van der Waals surface area (Å²) in [6.07, 6.45) is -0.219. The summed E-state index contributed by atoms with van der Waals surface area (Å²) in [5.74, 6) is 0.671. The molecule has 19 heavy (non-hydrogen) atoms. The molecule has 106 valence electrons. The van der Waals surface area contributed by atoms with Crippen LogP contribution in [0.1, 0.15) is 13.3 Å². The number of aliphatic hydroxyl groups is 1. The van der Waals surface area contributed by atoms with Gasteiger partial charge < -0.3 is 20.5 Å². The maximum absolute atomic E-state index is 11.4. The Labute approximate surface area is 117 Å². The number of amides is 1. The van der Waals surface area contributed by atoms with Crippen LogP contribution in [-0.4, -0.2) is 36.7 Å². The van der Waals surface area contributed by atoms with Crippen molar-refractivity contribution in [3.05, 3.63) is 18.2 Å². The minimum Gasteiger partial charge on any atom is -0.495 e. The van der Waals surface area contributed by atoms with Crippen LogP contribution in [0, 0.1) is 0 Å². The standard InChI is InChI=1S/C13H19ClN2O3/c1-3-13(18)16-11-6-9(4-5-12(11)19-2)15-8-10(17)7-14/h4-6,10,15,17H,3,7-8H2,1-2H3,(H,16,18). The second-order valence-electron chi connectivity index (χ2n) is 4.01. The minimum absolute atomic E-state index is 0.0868. The number of methoxy groups -OCH3 is 1. The molecule has 0 aromatic heterocycles. The zero-order valence-electron chi connectivity index (χ0n) is 11.1. The van der Waals surface area contributed by atoms with Gasteiger partial charge in [0.25, 0.3) is 0 Å². The van der Waals surface area contributed by atoms with E-state index in [2.05, 4.69) is 10.6 Å². The number of aliphatic hydroxyl groups excluding tert-OH is 1. The number of ether oxygens (including phenoxy) is 1. The molecule has 1 aromatic carbocycles. The average molecular weight is 287 g/mol. The lowest BCUT2D eigenvalue weighted by Gasteiger charge is -2.14. The van der Waals surface area contributed by atoms with E-state index in [4.69, 9.17) is 16.3 Å². The third kappa shape index (κ3) is 4.96. The molecule has 1 aromatic rings. The van der Waals surface area contributed by atoms with E-state index in [0.29, 0.717) is 24.4 Å². The van der Waals surface area contributed by atoms with Crippen molar-refractivity contribution in [2.75, 3.05) is 30.2 Å². The molecule has 0 saturated heterocycles. The van der Waals surface area contributed by atoms with Crippen molar-refractivity contribution < 1.29 is 14.6 Å². The van der Waals surface area contributed by atoms with Crippen molar-refractivity contribution >= 4 is 28.9 Å². The lowest BCUT2D eigenvalue weighted by molar-refractivity contribution is -0.115. The van der Waals surface area contributed by atoms with E-state index in [0.717, 1.165) is 5.69 Å². The van der Waals surface area contributed by atoms with E-state index in [-0.39, 0.29) is 11.8 Å². The first-order chi connectivity index (χ1) is 9.10. The normalized spacial score (nSPS) is 11.8. The van der Waals surface area contributed by atoms with E-state index in [9.17, 15) is 9.90 Å². The zero-order chi connectivity index (χ0) is 14.3. The molecule has 6 heteroatoms. The molecular weight excluding hydrogens is 268 g/mol. The van der Waals surface area contributed by atoms with Crippen LogP contribution in [0.5, 0.6) is 5.75 Å². The number of rotatable bonds is 7. The molecule has 0 aliphatic heterocycles. The van der Waals surface area contributed by atoms with Crippen molar-refractivity contribution in [2.24, 2.45) is 0 Å². The molecule has 0 saturated carbocycles. The number of alkyl halides is 1. The molecule has 0 radical (unpaired) electrons. The Hall–Kier alpha value is -1.46. The fourth-order valence-electron chi connectivity index (χ4n) is 1.44. The van der Waals surface area contributed by atoms with Crippen LogP contribution in [0.3, 0.4) is 0 Å². The average Bonchev–Trinajstić information content (AvgIpc) is 2.44. The highest BCUT2D eigenvalue weighted by Crippen LogP contribution is 2.27. The predicted molar refractivity (Wildman–Crippen MR) is 77.1 cm³/mol. The largest absolute Gasteiger partial charge is 0.495 e. The Morgan fingerprint density at radius 3 is 2.84 bits per heavy atom. The van der Waals surface area contributed by atoms with Gasteiger partial charge in [-0.3, -0.25) is 4.79 Å². The summed E-state index contributed by atoms with van der Waals surface area (Å²) in [5, 5.41) is 15.2. The highest BCUT2D eigenvalue weighted by atomic mass is 35.5. The van der Waals surface area contributed by atoms with Gasteiger partial charge in [-0.2, -0.15) is 0 Å². The second kappa shape index (κ2) is 7.86. The number of carbonyl (C=O) groups excluding carboxylic acids is 1. The first-order valence-electron chi connectivity index (χ1n) is 6.06. The third-order valence-corrected chi connectivity index (χ3v) is 2.87. The van der Waals surface area contributed by atoms with Gasteiger partial charge >= 0.3 is 0 Å². The Kier molecular flexibility index (Phi) is 6.45. The molecular formula is C13H19ClN2O3. The van der Waals surface area contributed by atoms with Crippen molar-refractivity contribution in [2.45, 2.75) is 19.4 Å². The lowest BCUT2D eigenvalue weighted by Crippen LogP contribution is -2.20. The number of carbonyl (C=O) groups is 1. The van der Waals surface area contributed by atoms with Gasteiger partial charge in [0.2, 0.25) is 5.91 Å². The Morgan fingerprint density at radius 1 is 1.53 bits per heavy atom. The van der Waals surface area contributed by atoms with Crippen molar-refractivity contribution in [1.82, 2.24) is 0 Å². The van der Waals surface area contributed by atoms with Gasteiger partial charge in [-0.1, -0.05) is 6.92 Å². The van der Waals surface area contributed by atoms with Crippen LogP contribution < -0.4 is 15.4 Å². The fourth-order valence-corrected chi connectivity index (χ4v) is 1.55. The molecule has 0 fully saturated rings. The molecule has 5 nitrogen and oxygen atoms in total. The SMILES string of the molecule is CCC(=O)Nc1cc(NCC(O)CCl)ccc1OC. The van der Waals surface area contributed by atoms with Gasteiger partial charge in [-0.25, -0.2) is 0 Å². The van der Waals surface area contributed by atoms with Crippen LogP contribution in [0.2, 0.25) is 0 Å². The first-order valence-corrected chi connectivity index (χ1v) is 6.60. The number of anilines is 2. The summed E-state index contributed by atoms with van der Waals surface area (Å²) >= 11 is 5.52. The van der Waals surface area contributed by atoms with Crippen molar-refractivity contribution in [1.29, 1.82) is 0 Å². The van der Waals surface area contributed by atoms with Gasteiger partial charge in [0.05, 0.1) is 24.8 Å². The van der Waals surface area contributed by atoms with Gasteiger partial charge in [-0.05, 0) is 18.2 Å². The van der Waals surface area contributed by atoms with E-state index in [1.807, 2.05) is 0 Å². The predicted octanol–water partition coefficient (Wildman–Crippen LogP) is 2.06. The third-order valence-electron chi connectivity index (χ3n) is 2.51. The molecule has 1 rings (SSSR count). The number of benzene rings is 1. The van der Waals surface area contributed by atoms with E-state index >= 15 is 0 Å². The van der Waals surface area contributed by atoms with Gasteiger partial charge in [0, 0.05) is 18.7 Å². The van der Waals surface area contributed by atoms with Crippen LogP contribution in [-0.2, 0) is 4.79 Å². The number of hydrogen-bond acceptors (Lipinski definition) is 4. The van der Waals surface area contributed by atoms with Crippen LogP contribution in [0.15, 0.2) is 18.2 Å². The Balaban J connectivity index is 2.79. The van der Waals surface area contributed by atoms with Gasteiger partial charge in [0.1, 0.15) is 5.75 Å². The summed E-state index contributed by atoms with van der Waals surface area (Å²) in [6, 6.07) is 5.31. The maximum Gasteiger partial charge on any atom is 0.224 e. The lowest BCUT2D eigenvalue weighted by atomic mass is 10.2. The van der Waals surface area contributed by atoms with Crippen LogP contribution in [0.4, 0.5) is 11.4 Å². The second-order valence-corrected chi connectivity index (χ2v) is 4.31. The van der Waals surface area contributed by atoms with Crippen LogP contribution in [0.25, 0.3) is 0 Å². The quantitative estimate of drug-likeness (QED) is 0.671. The molecule has 3 N–H and O–H groups in total. The molecule has 1 unspecified atom stereocenters. The molecule has 0 spiro atoms. The molecule has 1 amide bonds. The van der Waals surface area contributed by atoms with E-state index < -0.39 is 6.10 Å². The fraction of sp³-hybridized carbons (Fsp3) is 0.462. The monoisotopic (exact) mass is 286 g/mol. The van der Waals surface area contributed by atoms with Gasteiger partial charge in [0.15, 0.2) is 0 Å². The summed E-state index contributed by atoms with van der Waals surface area (Å²) in [5.41, 5.74) is 1.37. The Morgan fingerprint density at radius 2 is 2.26 bits per heavy atom. The molecule has 0 aliphatic rings. The van der Waals surface area contributed by atoms with Gasteiger partial charge in [-0.15, -0.1) is 11.6 Å². The summed E-state index contributed by atoms with van der Waals surface area (Å²) in [4.78, 5) is 11.4. The highest BCUT2D eigenvalue weighted by molar-refractivity contribution is 6.18. The zero-order valence-corrected chi connectivity index (χ0v) is 11.8. The molecule has 0 aliphatic carbocycles. The van der Waals surface area contributed by atoms with Crippen LogP contribution >= 0.6 is 11.6 Å². The maximum atomic E-state index is 11.4.